The Morgan fingerprint density at radius 3 is 2.21 bits per heavy atom. The van der Waals surface area contributed by atoms with Gasteiger partial charge in [0.1, 0.15) is 0 Å². The predicted molar refractivity (Wildman–Crippen MR) is 121 cm³/mol. The number of carbonyl (C=O) groups excluding carboxylic acids is 1. The average molecular weight is 395 g/mol. The minimum atomic E-state index is -0.186. The van der Waals surface area contributed by atoms with E-state index in [4.69, 9.17) is 10.8 Å². The number of nitrogens with two attached hydrogens (primary N) is 1. The topological polar surface area (TPSA) is 75.4 Å². The minimum Gasteiger partial charge on any atom is -0.395 e. The molecule has 0 bridgehead atoms. The van der Waals surface area contributed by atoms with Crippen LogP contribution in [0.4, 0.5) is 0 Å². The van der Waals surface area contributed by atoms with Crippen LogP contribution in [0.2, 0.25) is 0 Å². The van der Waals surface area contributed by atoms with Gasteiger partial charge in [0.15, 0.2) is 0 Å². The second-order valence-corrected chi connectivity index (χ2v) is 8.07. The van der Waals surface area contributed by atoms with E-state index >= 15 is 0 Å². The molecule has 1 unspecified atom stereocenters. The standard InChI is InChI=1S/C24H46N2O2/c1-3-4-5-6-7-8-9-10-11-12-13-14-15-16-17-18-24(28)26-20-22(2)19-23(25)21-27/h7-8,10-11,22-23,27H,3-6,9,12-21,25H2,1-2H3,(H,26,28)/b8-7-,11-10-/t22?,23-/m0/s1. The van der Waals surface area contributed by atoms with Crippen molar-refractivity contribution in [2.45, 2.75) is 103 Å². The van der Waals surface area contributed by atoms with Gasteiger partial charge in [-0.15, -0.1) is 0 Å². The number of carbonyl (C=O) groups is 1. The van der Waals surface area contributed by atoms with Gasteiger partial charge in [0.25, 0.3) is 0 Å². The molecule has 0 aliphatic rings. The molecule has 4 N–H and O–H groups in total. The monoisotopic (exact) mass is 394 g/mol. The summed E-state index contributed by atoms with van der Waals surface area (Å²) in [5.74, 6) is 0.436. The van der Waals surface area contributed by atoms with Gasteiger partial charge < -0.3 is 16.2 Å². The summed E-state index contributed by atoms with van der Waals surface area (Å²) in [6.07, 6.45) is 23.7. The Morgan fingerprint density at radius 1 is 0.964 bits per heavy atom. The molecule has 0 aromatic heterocycles. The first-order chi connectivity index (χ1) is 13.6. The number of allylic oxidation sites excluding steroid dienone is 4. The van der Waals surface area contributed by atoms with E-state index in [2.05, 4.69) is 36.5 Å². The largest absolute Gasteiger partial charge is 0.395 e. The smallest absolute Gasteiger partial charge is 0.220 e. The highest BCUT2D eigenvalue weighted by atomic mass is 16.3. The average Bonchev–Trinajstić information content (AvgIpc) is 2.69. The fourth-order valence-electron chi connectivity index (χ4n) is 3.15. The lowest BCUT2D eigenvalue weighted by Crippen LogP contribution is -2.33. The molecule has 0 saturated heterocycles. The van der Waals surface area contributed by atoms with Crippen molar-refractivity contribution in [1.82, 2.24) is 5.32 Å². The van der Waals surface area contributed by atoms with Crippen molar-refractivity contribution < 1.29 is 9.90 Å². The molecule has 28 heavy (non-hydrogen) atoms. The Hall–Kier alpha value is -1.13. The van der Waals surface area contributed by atoms with Crippen LogP contribution in [-0.2, 0) is 4.79 Å². The molecule has 0 saturated carbocycles. The second kappa shape index (κ2) is 20.6. The summed E-state index contributed by atoms with van der Waals surface area (Å²) < 4.78 is 0. The zero-order valence-corrected chi connectivity index (χ0v) is 18.5. The first kappa shape index (κ1) is 26.9. The maximum atomic E-state index is 11.8. The number of aliphatic hydroxyl groups excluding tert-OH is 1. The fourth-order valence-corrected chi connectivity index (χ4v) is 3.15. The highest BCUT2D eigenvalue weighted by Crippen LogP contribution is 2.09. The van der Waals surface area contributed by atoms with E-state index in [1.165, 1.54) is 44.9 Å². The summed E-state index contributed by atoms with van der Waals surface area (Å²) in [6.45, 7) is 4.94. The van der Waals surface area contributed by atoms with Gasteiger partial charge in [0, 0.05) is 19.0 Å². The van der Waals surface area contributed by atoms with E-state index in [1.54, 1.807) is 0 Å². The molecule has 0 spiro atoms. The van der Waals surface area contributed by atoms with Crippen molar-refractivity contribution in [2.24, 2.45) is 11.7 Å². The van der Waals surface area contributed by atoms with E-state index < -0.39 is 0 Å². The van der Waals surface area contributed by atoms with Crippen LogP contribution >= 0.6 is 0 Å². The molecular formula is C24H46N2O2. The van der Waals surface area contributed by atoms with Gasteiger partial charge in [0.05, 0.1) is 6.61 Å². The predicted octanol–water partition coefficient (Wildman–Crippen LogP) is 5.26. The number of amides is 1. The zero-order valence-electron chi connectivity index (χ0n) is 18.5. The molecule has 0 rings (SSSR count). The summed E-state index contributed by atoms with van der Waals surface area (Å²) >= 11 is 0. The zero-order chi connectivity index (χ0) is 20.9. The summed E-state index contributed by atoms with van der Waals surface area (Å²) in [7, 11) is 0. The maximum Gasteiger partial charge on any atom is 0.220 e. The maximum absolute atomic E-state index is 11.8. The normalized spacial score (nSPS) is 14.0. The van der Waals surface area contributed by atoms with Crippen LogP contribution in [-0.4, -0.2) is 30.2 Å². The molecule has 0 aromatic rings. The Labute approximate surface area is 174 Å². The third-order valence-corrected chi connectivity index (χ3v) is 4.94. The van der Waals surface area contributed by atoms with Crippen molar-refractivity contribution >= 4 is 5.91 Å². The van der Waals surface area contributed by atoms with Gasteiger partial charge in [-0.1, -0.05) is 70.3 Å². The van der Waals surface area contributed by atoms with Crippen LogP contribution in [0.1, 0.15) is 97.3 Å². The van der Waals surface area contributed by atoms with Crippen LogP contribution in [0.3, 0.4) is 0 Å². The van der Waals surface area contributed by atoms with Crippen molar-refractivity contribution in [3.8, 4) is 0 Å². The second-order valence-electron chi connectivity index (χ2n) is 8.07. The van der Waals surface area contributed by atoms with Gasteiger partial charge in [-0.25, -0.2) is 0 Å². The summed E-state index contributed by atoms with van der Waals surface area (Å²) in [5, 5.41) is 11.9. The number of hydrogen-bond donors (Lipinski definition) is 3. The molecular weight excluding hydrogens is 348 g/mol. The molecule has 0 aliphatic heterocycles. The molecule has 0 radical (unpaired) electrons. The first-order valence-corrected chi connectivity index (χ1v) is 11.5. The summed E-state index contributed by atoms with van der Waals surface area (Å²) in [5.41, 5.74) is 5.71. The van der Waals surface area contributed by atoms with Gasteiger partial charge >= 0.3 is 0 Å². The highest BCUT2D eigenvalue weighted by molar-refractivity contribution is 5.75. The van der Waals surface area contributed by atoms with E-state index in [0.717, 1.165) is 32.1 Å². The molecule has 2 atom stereocenters. The number of nitrogens with one attached hydrogen (secondary N) is 1. The quantitative estimate of drug-likeness (QED) is 0.206. The Bertz CT molecular complexity index is 407. The third kappa shape index (κ3) is 19.6. The number of aliphatic hydroxyl groups is 1. The Balaban J connectivity index is 3.40. The van der Waals surface area contributed by atoms with E-state index in [0.29, 0.717) is 18.9 Å². The molecule has 164 valence electrons. The molecule has 0 aliphatic carbocycles. The minimum absolute atomic E-state index is 0.00422. The van der Waals surface area contributed by atoms with Crippen LogP contribution < -0.4 is 11.1 Å². The molecule has 0 fully saturated rings. The van der Waals surface area contributed by atoms with E-state index in [-0.39, 0.29) is 18.6 Å². The lowest BCUT2D eigenvalue weighted by Gasteiger charge is -2.16. The van der Waals surface area contributed by atoms with Crippen LogP contribution in [0.5, 0.6) is 0 Å². The summed E-state index contributed by atoms with van der Waals surface area (Å²) in [6, 6.07) is -0.186. The molecule has 1 amide bonds. The molecule has 4 heteroatoms. The molecule has 0 heterocycles. The van der Waals surface area contributed by atoms with Crippen LogP contribution in [0.25, 0.3) is 0 Å². The van der Waals surface area contributed by atoms with E-state index in [1.807, 2.05) is 6.92 Å². The number of rotatable bonds is 19. The number of unbranched alkanes of at least 4 members (excludes halogenated alkanes) is 8. The Kier molecular flexibility index (Phi) is 19.8. The van der Waals surface area contributed by atoms with Crippen molar-refractivity contribution in [2.75, 3.05) is 13.2 Å². The van der Waals surface area contributed by atoms with Gasteiger partial charge in [-0.2, -0.15) is 0 Å². The number of hydrogen-bond acceptors (Lipinski definition) is 3. The third-order valence-electron chi connectivity index (χ3n) is 4.94. The Morgan fingerprint density at radius 2 is 1.57 bits per heavy atom. The van der Waals surface area contributed by atoms with Crippen LogP contribution in [0, 0.1) is 5.92 Å². The SMILES string of the molecule is CCCCC/C=C\C/C=C\CCCCCCCC(=O)NCC(C)C[C@H](N)CO. The van der Waals surface area contributed by atoms with Gasteiger partial charge in [0.2, 0.25) is 5.91 Å². The lowest BCUT2D eigenvalue weighted by atomic mass is 10.0. The van der Waals surface area contributed by atoms with E-state index in [9.17, 15) is 4.79 Å². The first-order valence-electron chi connectivity index (χ1n) is 11.5. The lowest BCUT2D eigenvalue weighted by molar-refractivity contribution is -0.121. The van der Waals surface area contributed by atoms with Crippen molar-refractivity contribution in [3.63, 3.8) is 0 Å². The fraction of sp³-hybridized carbons (Fsp3) is 0.792. The van der Waals surface area contributed by atoms with Crippen molar-refractivity contribution in [1.29, 1.82) is 0 Å². The summed E-state index contributed by atoms with van der Waals surface area (Å²) in [4.78, 5) is 11.8. The van der Waals surface area contributed by atoms with Gasteiger partial charge in [-0.05, 0) is 50.9 Å². The van der Waals surface area contributed by atoms with Crippen LogP contribution in [0.15, 0.2) is 24.3 Å². The molecule has 4 nitrogen and oxygen atoms in total. The van der Waals surface area contributed by atoms with Crippen molar-refractivity contribution in [3.05, 3.63) is 24.3 Å². The highest BCUT2D eigenvalue weighted by Gasteiger charge is 2.09. The molecule has 0 aromatic carbocycles. The van der Waals surface area contributed by atoms with Gasteiger partial charge in [-0.3, -0.25) is 4.79 Å².